The topological polar surface area (TPSA) is 73.2 Å². The Morgan fingerprint density at radius 2 is 1.63 bits per heavy atom. The van der Waals surface area contributed by atoms with Gasteiger partial charge in [0, 0.05) is 24.1 Å². The lowest BCUT2D eigenvalue weighted by atomic mass is 10.00. The number of nitrogens with one attached hydrogen (secondary N) is 1. The van der Waals surface area contributed by atoms with Crippen molar-refractivity contribution >= 4 is 17.6 Å². The van der Waals surface area contributed by atoms with Crippen molar-refractivity contribution in [3.63, 3.8) is 0 Å². The molecule has 0 bridgehead atoms. The number of nitrogens with zero attached hydrogens (tertiary/aromatic N) is 2. The number of amides is 1. The second-order valence-corrected chi connectivity index (χ2v) is 8.60. The molecule has 0 aliphatic heterocycles. The van der Waals surface area contributed by atoms with Crippen LogP contribution in [0.1, 0.15) is 26.3 Å². The minimum absolute atomic E-state index is 0.0855. The summed E-state index contributed by atoms with van der Waals surface area (Å²) in [5.41, 5.74) is 4.84. The third-order valence-electron chi connectivity index (χ3n) is 5.43. The predicted octanol–water partition coefficient (Wildman–Crippen LogP) is 6.17. The van der Waals surface area contributed by atoms with Crippen LogP contribution in [0.5, 0.6) is 5.88 Å². The minimum Gasteiger partial charge on any atom is -0.407 e. The molecule has 178 valence electrons. The van der Waals surface area contributed by atoms with Gasteiger partial charge in [0.05, 0.1) is 11.3 Å². The van der Waals surface area contributed by atoms with Crippen LogP contribution in [0.2, 0.25) is 0 Å². The lowest BCUT2D eigenvalue weighted by Gasteiger charge is -2.11. The number of benzene rings is 3. The Morgan fingerprint density at radius 1 is 0.971 bits per heavy atom. The molecule has 1 amide bonds. The molecule has 0 unspecified atom stereocenters. The Morgan fingerprint density at radius 3 is 2.23 bits per heavy atom. The van der Waals surface area contributed by atoms with Crippen LogP contribution in [-0.2, 0) is 9.59 Å². The Bertz CT molecular complexity index is 1370. The molecule has 0 spiro atoms. The van der Waals surface area contributed by atoms with Gasteiger partial charge >= 0.3 is 5.97 Å². The van der Waals surface area contributed by atoms with Gasteiger partial charge in [-0.2, -0.15) is 9.78 Å². The third kappa shape index (κ3) is 5.30. The fourth-order valence-corrected chi connectivity index (χ4v) is 3.60. The van der Waals surface area contributed by atoms with Gasteiger partial charge in [-0.1, -0.05) is 61.9 Å². The lowest BCUT2D eigenvalue weighted by molar-refractivity contribution is -0.132. The summed E-state index contributed by atoms with van der Waals surface area (Å²) in [6.07, 6.45) is 0. The van der Waals surface area contributed by atoms with Crippen molar-refractivity contribution in [2.75, 3.05) is 5.32 Å². The van der Waals surface area contributed by atoms with Crippen LogP contribution in [0.15, 0.2) is 72.8 Å². The highest BCUT2D eigenvalue weighted by atomic mass is 19.1. The van der Waals surface area contributed by atoms with Crippen LogP contribution in [0.4, 0.5) is 10.1 Å². The van der Waals surface area contributed by atoms with E-state index >= 15 is 0 Å². The number of anilines is 1. The largest absolute Gasteiger partial charge is 0.407 e. The molecular weight excluding hydrogens is 445 g/mol. The van der Waals surface area contributed by atoms with Crippen LogP contribution in [0.25, 0.3) is 28.1 Å². The quantitative estimate of drug-likeness (QED) is 0.341. The summed E-state index contributed by atoms with van der Waals surface area (Å²) in [5, 5.41) is 7.62. The van der Waals surface area contributed by atoms with Gasteiger partial charge in [-0.15, -0.1) is 0 Å². The summed E-state index contributed by atoms with van der Waals surface area (Å²) in [6, 6.07) is 21.0. The summed E-state index contributed by atoms with van der Waals surface area (Å²) in [4.78, 5) is 24.2. The van der Waals surface area contributed by atoms with E-state index in [0.29, 0.717) is 22.6 Å². The maximum Gasteiger partial charge on any atom is 0.309 e. The molecule has 0 aliphatic carbocycles. The first-order chi connectivity index (χ1) is 16.7. The zero-order chi connectivity index (χ0) is 25.1. The number of carbonyl (C=O) groups is 2. The average molecular weight is 472 g/mol. The number of aromatic nitrogens is 2. The van der Waals surface area contributed by atoms with Crippen LogP contribution < -0.4 is 10.1 Å². The number of halogens is 1. The van der Waals surface area contributed by atoms with Crippen molar-refractivity contribution in [3.05, 3.63) is 84.2 Å². The van der Waals surface area contributed by atoms with Crippen molar-refractivity contribution in [2.45, 2.75) is 27.7 Å². The second-order valence-electron chi connectivity index (χ2n) is 8.60. The number of rotatable bonds is 6. The van der Waals surface area contributed by atoms with Crippen LogP contribution in [-0.4, -0.2) is 21.7 Å². The Hall–Kier alpha value is -4.26. The molecule has 0 atom stereocenters. The van der Waals surface area contributed by atoms with Crippen molar-refractivity contribution in [1.82, 2.24) is 9.78 Å². The highest BCUT2D eigenvalue weighted by molar-refractivity contribution is 5.93. The van der Waals surface area contributed by atoms with E-state index in [-0.39, 0.29) is 17.7 Å². The van der Waals surface area contributed by atoms with Crippen LogP contribution in [0, 0.1) is 18.7 Å². The van der Waals surface area contributed by atoms with Crippen LogP contribution in [0.3, 0.4) is 0 Å². The third-order valence-corrected chi connectivity index (χ3v) is 5.43. The highest BCUT2D eigenvalue weighted by Gasteiger charge is 2.25. The first-order valence-electron chi connectivity index (χ1n) is 11.3. The molecule has 4 aromatic rings. The van der Waals surface area contributed by atoms with E-state index in [1.165, 1.54) is 23.7 Å². The van der Waals surface area contributed by atoms with E-state index in [0.717, 1.165) is 16.7 Å². The molecule has 0 radical (unpaired) electrons. The molecule has 35 heavy (non-hydrogen) atoms. The molecule has 0 aliphatic rings. The van der Waals surface area contributed by atoms with Gasteiger partial charge in [0.2, 0.25) is 11.8 Å². The van der Waals surface area contributed by atoms with Crippen molar-refractivity contribution in [2.24, 2.45) is 5.92 Å². The number of carbonyl (C=O) groups excluding carboxylic acids is 2. The SMILES string of the molecule is CC(=O)Oc1c(-c2ccc(NC(=O)C(C)C)cc2)c(-c2ccc(C)cc2)nn1-c1cccc(F)c1. The van der Waals surface area contributed by atoms with E-state index in [4.69, 9.17) is 9.84 Å². The molecule has 7 heteroatoms. The molecule has 0 saturated heterocycles. The standard InChI is InChI=1S/C28H26FN3O3/c1-17(2)27(34)30-23-14-12-20(13-15-23)25-26(21-10-8-18(3)9-11-21)31-32(28(25)35-19(4)33)24-7-5-6-22(29)16-24/h5-17H,1-4H3,(H,30,34). The summed E-state index contributed by atoms with van der Waals surface area (Å²) in [5.74, 6) is -1.02. The van der Waals surface area contributed by atoms with Gasteiger partial charge in [-0.25, -0.2) is 4.39 Å². The molecule has 1 heterocycles. The molecule has 4 rings (SSSR count). The van der Waals surface area contributed by atoms with Gasteiger partial charge < -0.3 is 10.1 Å². The molecule has 1 N–H and O–H groups in total. The number of esters is 1. The maximum absolute atomic E-state index is 14.1. The van der Waals surface area contributed by atoms with Crippen molar-refractivity contribution in [1.29, 1.82) is 0 Å². The molecule has 3 aromatic carbocycles. The van der Waals surface area contributed by atoms with E-state index in [1.54, 1.807) is 24.3 Å². The maximum atomic E-state index is 14.1. The van der Waals surface area contributed by atoms with Gasteiger partial charge in [0.15, 0.2) is 0 Å². The van der Waals surface area contributed by atoms with Gasteiger partial charge in [-0.05, 0) is 42.8 Å². The Labute approximate surface area is 203 Å². The van der Waals surface area contributed by atoms with E-state index in [1.807, 2.05) is 57.2 Å². The smallest absolute Gasteiger partial charge is 0.309 e. The second kappa shape index (κ2) is 9.93. The van der Waals surface area contributed by atoms with Gasteiger partial charge in [0.25, 0.3) is 0 Å². The summed E-state index contributed by atoms with van der Waals surface area (Å²) in [6.45, 7) is 6.95. The Kier molecular flexibility index (Phi) is 6.78. The molecule has 6 nitrogen and oxygen atoms in total. The van der Waals surface area contributed by atoms with Gasteiger partial charge in [-0.3, -0.25) is 9.59 Å². The summed E-state index contributed by atoms with van der Waals surface area (Å²) < 4.78 is 21.1. The average Bonchev–Trinajstić information content (AvgIpc) is 3.18. The molecular formula is C28H26FN3O3. The zero-order valence-corrected chi connectivity index (χ0v) is 20.0. The normalized spacial score (nSPS) is 10.9. The van der Waals surface area contributed by atoms with E-state index in [2.05, 4.69) is 5.32 Å². The fraction of sp³-hybridized carbons (Fsp3) is 0.179. The molecule has 0 saturated carbocycles. The Balaban J connectivity index is 1.92. The molecule has 1 aromatic heterocycles. The first kappa shape index (κ1) is 23.9. The van der Waals surface area contributed by atoms with Gasteiger partial charge in [0.1, 0.15) is 11.5 Å². The molecule has 0 fully saturated rings. The lowest BCUT2D eigenvalue weighted by Crippen LogP contribution is -2.17. The number of ether oxygens (including phenoxy) is 1. The predicted molar refractivity (Wildman–Crippen MR) is 134 cm³/mol. The first-order valence-corrected chi connectivity index (χ1v) is 11.3. The van der Waals surface area contributed by atoms with E-state index < -0.39 is 11.8 Å². The summed E-state index contributed by atoms with van der Waals surface area (Å²) >= 11 is 0. The summed E-state index contributed by atoms with van der Waals surface area (Å²) in [7, 11) is 0. The zero-order valence-electron chi connectivity index (χ0n) is 20.0. The number of hydrogen-bond acceptors (Lipinski definition) is 4. The number of hydrogen-bond donors (Lipinski definition) is 1. The van der Waals surface area contributed by atoms with E-state index in [9.17, 15) is 14.0 Å². The van der Waals surface area contributed by atoms with Crippen molar-refractivity contribution in [3.8, 4) is 34.0 Å². The van der Waals surface area contributed by atoms with Crippen LogP contribution >= 0.6 is 0 Å². The highest BCUT2D eigenvalue weighted by Crippen LogP contribution is 2.41. The minimum atomic E-state index is -0.528. The fourth-order valence-electron chi connectivity index (χ4n) is 3.60. The van der Waals surface area contributed by atoms with Crippen molar-refractivity contribution < 1.29 is 18.7 Å². The number of aryl methyl sites for hydroxylation is 1. The monoisotopic (exact) mass is 471 g/mol.